The zero-order valence-electron chi connectivity index (χ0n) is 21.2. The molecule has 0 saturated heterocycles. The number of carbonyl (C=O) groups excluding carboxylic acids is 2. The highest BCUT2D eigenvalue weighted by Crippen LogP contribution is 2.27. The van der Waals surface area contributed by atoms with Crippen LogP contribution in [-0.2, 0) is 11.2 Å². The number of hydrogen-bond acceptors (Lipinski definition) is 4. The maximum Gasteiger partial charge on any atom is 0.573 e. The van der Waals surface area contributed by atoms with Crippen LogP contribution >= 0.6 is 0 Å². The molecule has 0 aliphatic heterocycles. The molecule has 0 aliphatic rings. The minimum absolute atomic E-state index is 0.193. The molecule has 0 aromatic heterocycles. The van der Waals surface area contributed by atoms with E-state index in [1.165, 1.54) is 12.1 Å². The van der Waals surface area contributed by atoms with Gasteiger partial charge in [0.1, 0.15) is 11.4 Å². The first-order valence-corrected chi connectivity index (χ1v) is 11.9. The Labute approximate surface area is 214 Å². The highest BCUT2D eigenvalue weighted by molar-refractivity contribution is 6.02. The fourth-order valence-electron chi connectivity index (χ4n) is 3.78. The highest BCUT2D eigenvalue weighted by atomic mass is 19.4. The third kappa shape index (κ3) is 8.66. The van der Waals surface area contributed by atoms with E-state index in [0.717, 1.165) is 22.3 Å². The van der Waals surface area contributed by atoms with Crippen molar-refractivity contribution in [2.75, 3.05) is 0 Å². The van der Waals surface area contributed by atoms with E-state index in [-0.39, 0.29) is 11.5 Å². The van der Waals surface area contributed by atoms with E-state index in [1.807, 2.05) is 43.3 Å². The van der Waals surface area contributed by atoms with Gasteiger partial charge in [0.2, 0.25) is 0 Å². The van der Waals surface area contributed by atoms with Crippen molar-refractivity contribution in [2.24, 2.45) is 0 Å². The Morgan fingerprint density at radius 2 is 1.43 bits per heavy atom. The molecule has 37 heavy (non-hydrogen) atoms. The van der Waals surface area contributed by atoms with Gasteiger partial charge in [0.25, 0.3) is 0 Å². The van der Waals surface area contributed by atoms with E-state index in [0.29, 0.717) is 18.4 Å². The van der Waals surface area contributed by atoms with Crippen molar-refractivity contribution in [3.05, 3.63) is 89.5 Å². The van der Waals surface area contributed by atoms with E-state index in [2.05, 4.69) is 10.1 Å². The van der Waals surface area contributed by atoms with Crippen molar-refractivity contribution in [3.8, 4) is 16.9 Å². The molecule has 3 rings (SSSR count). The number of carbonyl (C=O) groups is 2. The minimum Gasteiger partial charge on any atom is -0.444 e. The third-order valence-electron chi connectivity index (χ3n) is 5.51. The molecule has 1 amide bonds. The summed E-state index contributed by atoms with van der Waals surface area (Å²) < 4.78 is 46.4. The molecule has 0 radical (unpaired) electrons. The maximum atomic E-state index is 13.3. The van der Waals surface area contributed by atoms with Crippen LogP contribution in [0.25, 0.3) is 11.1 Å². The Balaban J connectivity index is 1.71. The van der Waals surface area contributed by atoms with E-state index in [1.54, 1.807) is 45.0 Å². The second-order valence-electron chi connectivity index (χ2n) is 9.69. The van der Waals surface area contributed by atoms with Crippen LogP contribution in [0, 0.1) is 6.92 Å². The molecule has 0 heterocycles. The van der Waals surface area contributed by atoms with Crippen molar-refractivity contribution < 1.29 is 32.2 Å². The number of hydrogen-bond donors (Lipinski definition) is 1. The fraction of sp³-hybridized carbons (Fsp3) is 0.310. The standard InChI is InChI=1S/C29H30F3NO4/c1-19-7-5-6-8-24(19)26(34)25(33-27(35)37-28(2,3)4)18-11-20-9-12-21(13-10-20)22-14-16-23(17-15-22)36-29(30,31)32/h5-10,12-17,25H,11,18H2,1-4H3,(H,33,35). The van der Waals surface area contributed by atoms with Crippen LogP contribution in [0.3, 0.4) is 0 Å². The van der Waals surface area contributed by atoms with Crippen molar-refractivity contribution >= 4 is 11.9 Å². The Hall–Kier alpha value is -3.81. The lowest BCUT2D eigenvalue weighted by Gasteiger charge is -2.23. The van der Waals surface area contributed by atoms with Gasteiger partial charge in [0.15, 0.2) is 5.78 Å². The van der Waals surface area contributed by atoms with Gasteiger partial charge in [-0.2, -0.15) is 0 Å². The van der Waals surface area contributed by atoms with Gasteiger partial charge in [-0.15, -0.1) is 13.2 Å². The van der Waals surface area contributed by atoms with Crippen LogP contribution in [0.1, 0.15) is 48.7 Å². The van der Waals surface area contributed by atoms with E-state index < -0.39 is 24.1 Å². The number of aryl methyl sites for hydroxylation is 2. The lowest BCUT2D eigenvalue weighted by Crippen LogP contribution is -2.44. The Morgan fingerprint density at radius 1 is 0.865 bits per heavy atom. The molecule has 5 nitrogen and oxygen atoms in total. The number of benzene rings is 3. The molecule has 1 atom stereocenters. The zero-order chi connectivity index (χ0) is 27.2. The molecular weight excluding hydrogens is 483 g/mol. The first-order chi connectivity index (χ1) is 17.3. The zero-order valence-corrected chi connectivity index (χ0v) is 21.2. The van der Waals surface area contributed by atoms with Gasteiger partial charge in [-0.3, -0.25) is 4.79 Å². The van der Waals surface area contributed by atoms with Crippen molar-refractivity contribution in [2.45, 2.75) is 58.5 Å². The average Bonchev–Trinajstić information content (AvgIpc) is 2.80. The fourth-order valence-corrected chi connectivity index (χ4v) is 3.78. The van der Waals surface area contributed by atoms with Gasteiger partial charge in [-0.25, -0.2) is 4.79 Å². The predicted octanol–water partition coefficient (Wildman–Crippen LogP) is 7.27. The van der Waals surface area contributed by atoms with Crippen LogP contribution in [0.15, 0.2) is 72.8 Å². The summed E-state index contributed by atoms with van der Waals surface area (Å²) in [6, 6.07) is 19.6. The monoisotopic (exact) mass is 513 g/mol. The van der Waals surface area contributed by atoms with E-state index in [9.17, 15) is 22.8 Å². The predicted molar refractivity (Wildman–Crippen MR) is 136 cm³/mol. The Morgan fingerprint density at radius 3 is 1.97 bits per heavy atom. The number of alkyl halides is 3. The number of alkyl carbamates (subject to hydrolysis) is 1. The van der Waals surface area contributed by atoms with Gasteiger partial charge in [-0.05, 0) is 74.9 Å². The SMILES string of the molecule is Cc1ccccc1C(=O)C(CCc1ccc(-c2ccc(OC(F)(F)F)cc2)cc1)NC(=O)OC(C)(C)C. The molecule has 0 fully saturated rings. The summed E-state index contributed by atoms with van der Waals surface area (Å²) in [7, 11) is 0. The Bertz CT molecular complexity index is 1210. The van der Waals surface area contributed by atoms with Crippen molar-refractivity contribution in [1.82, 2.24) is 5.32 Å². The van der Waals surface area contributed by atoms with Gasteiger partial charge in [0, 0.05) is 5.56 Å². The molecule has 0 bridgehead atoms. The van der Waals surface area contributed by atoms with E-state index in [4.69, 9.17) is 4.74 Å². The molecule has 0 aliphatic carbocycles. The van der Waals surface area contributed by atoms with Crippen LogP contribution in [0.5, 0.6) is 5.75 Å². The molecule has 196 valence electrons. The van der Waals surface area contributed by atoms with Crippen molar-refractivity contribution in [1.29, 1.82) is 0 Å². The second kappa shape index (κ2) is 11.5. The quantitative estimate of drug-likeness (QED) is 0.322. The summed E-state index contributed by atoms with van der Waals surface area (Å²) in [4.78, 5) is 25.7. The summed E-state index contributed by atoms with van der Waals surface area (Å²) in [5.74, 6) is -0.475. The number of Topliss-reactive ketones (excluding diaryl/α,β-unsaturated/α-hetero) is 1. The van der Waals surface area contributed by atoms with Gasteiger partial charge in [0.05, 0.1) is 6.04 Å². The number of amides is 1. The van der Waals surface area contributed by atoms with E-state index >= 15 is 0 Å². The molecule has 0 spiro atoms. The molecule has 8 heteroatoms. The van der Waals surface area contributed by atoms with Crippen LogP contribution < -0.4 is 10.1 Å². The summed E-state index contributed by atoms with van der Waals surface area (Å²) >= 11 is 0. The van der Waals surface area contributed by atoms with Gasteiger partial charge >= 0.3 is 12.5 Å². The van der Waals surface area contributed by atoms with Crippen LogP contribution in [0.2, 0.25) is 0 Å². The largest absolute Gasteiger partial charge is 0.573 e. The van der Waals surface area contributed by atoms with Gasteiger partial charge in [-0.1, -0.05) is 60.7 Å². The number of halogens is 3. The second-order valence-corrected chi connectivity index (χ2v) is 9.69. The lowest BCUT2D eigenvalue weighted by molar-refractivity contribution is -0.274. The van der Waals surface area contributed by atoms with Crippen molar-refractivity contribution in [3.63, 3.8) is 0 Å². The molecule has 3 aromatic rings. The summed E-state index contributed by atoms with van der Waals surface area (Å²) in [6.07, 6.45) is -4.53. The van der Waals surface area contributed by atoms with Crippen LogP contribution in [-0.4, -0.2) is 29.9 Å². The summed E-state index contributed by atoms with van der Waals surface area (Å²) in [5, 5.41) is 2.73. The van der Waals surface area contributed by atoms with Gasteiger partial charge < -0.3 is 14.8 Å². The van der Waals surface area contributed by atoms with Crippen LogP contribution in [0.4, 0.5) is 18.0 Å². The highest BCUT2D eigenvalue weighted by Gasteiger charge is 2.31. The first kappa shape index (κ1) is 27.8. The number of ether oxygens (including phenoxy) is 2. The smallest absolute Gasteiger partial charge is 0.444 e. The Kier molecular flexibility index (Phi) is 8.63. The third-order valence-corrected chi connectivity index (χ3v) is 5.51. The minimum atomic E-state index is -4.74. The topological polar surface area (TPSA) is 64.6 Å². The maximum absolute atomic E-state index is 13.3. The molecule has 1 N–H and O–H groups in total. The summed E-state index contributed by atoms with van der Waals surface area (Å²) in [6.45, 7) is 7.11. The molecule has 0 saturated carbocycles. The molecule has 1 unspecified atom stereocenters. The number of ketones is 1. The first-order valence-electron chi connectivity index (χ1n) is 11.9. The molecular formula is C29H30F3NO4. The lowest BCUT2D eigenvalue weighted by atomic mass is 9.94. The number of rotatable bonds is 8. The molecule has 3 aromatic carbocycles. The average molecular weight is 514 g/mol. The summed E-state index contributed by atoms with van der Waals surface area (Å²) in [5.41, 5.74) is 3.15. The normalized spacial score (nSPS) is 12.5. The number of nitrogens with one attached hydrogen (secondary N) is 1.